The first-order valence-corrected chi connectivity index (χ1v) is 7.40. The molecular formula is C12H27N3OS. The van der Waals surface area contributed by atoms with Crippen molar-refractivity contribution in [2.75, 3.05) is 37.7 Å². The standard InChI is InChI=1S/C12H27N3OS/c1-5-15(6-2)7-8-17-9-11(16)14-10-12(3,4)13/h5-10,13H2,1-4H3,(H,14,16). The lowest BCUT2D eigenvalue weighted by Gasteiger charge is -2.19. The van der Waals surface area contributed by atoms with E-state index in [9.17, 15) is 4.79 Å². The first-order chi connectivity index (χ1) is 7.89. The van der Waals surface area contributed by atoms with E-state index in [1.54, 1.807) is 11.8 Å². The molecule has 0 aliphatic heterocycles. The summed E-state index contributed by atoms with van der Waals surface area (Å²) < 4.78 is 0. The van der Waals surface area contributed by atoms with Crippen LogP contribution in [0.25, 0.3) is 0 Å². The van der Waals surface area contributed by atoms with Crippen LogP contribution in [0.4, 0.5) is 0 Å². The minimum atomic E-state index is -0.332. The van der Waals surface area contributed by atoms with E-state index in [1.165, 1.54) is 0 Å². The summed E-state index contributed by atoms with van der Waals surface area (Å²) in [6.45, 7) is 11.8. The van der Waals surface area contributed by atoms with E-state index in [1.807, 2.05) is 13.8 Å². The molecule has 0 spiro atoms. The Bertz CT molecular complexity index is 212. The molecular weight excluding hydrogens is 234 g/mol. The van der Waals surface area contributed by atoms with Crippen LogP contribution >= 0.6 is 11.8 Å². The topological polar surface area (TPSA) is 58.4 Å². The van der Waals surface area contributed by atoms with Crippen molar-refractivity contribution in [1.82, 2.24) is 10.2 Å². The van der Waals surface area contributed by atoms with E-state index < -0.39 is 0 Å². The molecule has 5 heteroatoms. The first kappa shape index (κ1) is 16.7. The predicted octanol–water partition coefficient (Wildman–Crippen LogP) is 0.915. The quantitative estimate of drug-likeness (QED) is 0.606. The molecule has 4 nitrogen and oxygen atoms in total. The maximum absolute atomic E-state index is 11.5. The van der Waals surface area contributed by atoms with E-state index in [2.05, 4.69) is 24.1 Å². The van der Waals surface area contributed by atoms with Crippen LogP contribution in [-0.2, 0) is 4.79 Å². The fourth-order valence-corrected chi connectivity index (χ4v) is 2.09. The van der Waals surface area contributed by atoms with Gasteiger partial charge in [0.25, 0.3) is 0 Å². The highest BCUT2D eigenvalue weighted by atomic mass is 32.2. The van der Waals surface area contributed by atoms with E-state index >= 15 is 0 Å². The fourth-order valence-electron chi connectivity index (χ4n) is 1.28. The number of thioether (sulfide) groups is 1. The number of carbonyl (C=O) groups excluding carboxylic acids is 1. The largest absolute Gasteiger partial charge is 0.354 e. The molecule has 0 radical (unpaired) electrons. The average Bonchev–Trinajstić information content (AvgIpc) is 2.26. The summed E-state index contributed by atoms with van der Waals surface area (Å²) in [6, 6.07) is 0. The molecule has 3 N–H and O–H groups in total. The van der Waals surface area contributed by atoms with Crippen molar-refractivity contribution in [3.05, 3.63) is 0 Å². The number of hydrogen-bond donors (Lipinski definition) is 2. The molecule has 0 fully saturated rings. The monoisotopic (exact) mass is 261 g/mol. The molecule has 0 aromatic heterocycles. The Kier molecular flexibility index (Phi) is 8.64. The second-order valence-electron chi connectivity index (χ2n) is 4.84. The smallest absolute Gasteiger partial charge is 0.230 e. The molecule has 0 heterocycles. The summed E-state index contributed by atoms with van der Waals surface area (Å²) in [7, 11) is 0. The van der Waals surface area contributed by atoms with Crippen LogP contribution in [0, 0.1) is 0 Å². The summed E-state index contributed by atoms with van der Waals surface area (Å²) in [5.41, 5.74) is 5.45. The van der Waals surface area contributed by atoms with Gasteiger partial charge in [0.15, 0.2) is 0 Å². The molecule has 1 amide bonds. The molecule has 17 heavy (non-hydrogen) atoms. The number of carbonyl (C=O) groups is 1. The summed E-state index contributed by atoms with van der Waals surface area (Å²) in [5, 5.41) is 2.84. The molecule has 0 aliphatic carbocycles. The number of nitrogens with zero attached hydrogens (tertiary/aromatic N) is 1. The van der Waals surface area contributed by atoms with Gasteiger partial charge in [-0.05, 0) is 26.9 Å². The van der Waals surface area contributed by atoms with Gasteiger partial charge in [-0.1, -0.05) is 13.8 Å². The highest BCUT2D eigenvalue weighted by Gasteiger charge is 2.11. The third-order valence-electron chi connectivity index (χ3n) is 2.42. The van der Waals surface area contributed by atoms with Crippen LogP contribution in [0.3, 0.4) is 0 Å². The van der Waals surface area contributed by atoms with Crippen molar-refractivity contribution in [3.63, 3.8) is 0 Å². The van der Waals surface area contributed by atoms with Crippen LogP contribution in [0.2, 0.25) is 0 Å². The maximum Gasteiger partial charge on any atom is 0.230 e. The second-order valence-corrected chi connectivity index (χ2v) is 5.95. The predicted molar refractivity (Wildman–Crippen MR) is 76.4 cm³/mol. The van der Waals surface area contributed by atoms with Crippen LogP contribution in [0.15, 0.2) is 0 Å². The SMILES string of the molecule is CCN(CC)CCSCC(=O)NCC(C)(C)N. The van der Waals surface area contributed by atoms with Gasteiger partial charge in [-0.25, -0.2) is 0 Å². The number of rotatable bonds is 9. The molecule has 0 bridgehead atoms. The molecule has 0 atom stereocenters. The zero-order valence-electron chi connectivity index (χ0n) is 11.6. The zero-order chi connectivity index (χ0) is 13.3. The average molecular weight is 261 g/mol. The third-order valence-corrected chi connectivity index (χ3v) is 3.36. The lowest BCUT2D eigenvalue weighted by atomic mass is 10.1. The van der Waals surface area contributed by atoms with Crippen LogP contribution in [-0.4, -0.2) is 54.0 Å². The van der Waals surface area contributed by atoms with Gasteiger partial charge in [-0.3, -0.25) is 4.79 Å². The van der Waals surface area contributed by atoms with E-state index in [0.29, 0.717) is 12.3 Å². The summed E-state index contributed by atoms with van der Waals surface area (Å²) in [6.07, 6.45) is 0. The number of nitrogens with two attached hydrogens (primary N) is 1. The Labute approximate surface area is 110 Å². The van der Waals surface area contributed by atoms with Crippen molar-refractivity contribution < 1.29 is 4.79 Å². The van der Waals surface area contributed by atoms with E-state index in [0.717, 1.165) is 25.4 Å². The summed E-state index contributed by atoms with van der Waals surface area (Å²) >= 11 is 1.68. The highest BCUT2D eigenvalue weighted by Crippen LogP contribution is 2.01. The minimum Gasteiger partial charge on any atom is -0.354 e. The normalized spacial score (nSPS) is 11.9. The lowest BCUT2D eigenvalue weighted by molar-refractivity contribution is -0.118. The highest BCUT2D eigenvalue weighted by molar-refractivity contribution is 7.99. The van der Waals surface area contributed by atoms with Crippen molar-refractivity contribution >= 4 is 17.7 Å². The Morgan fingerprint density at radius 1 is 1.35 bits per heavy atom. The molecule has 0 saturated carbocycles. The molecule has 0 aromatic carbocycles. The molecule has 0 aliphatic rings. The van der Waals surface area contributed by atoms with Gasteiger partial charge in [-0.15, -0.1) is 0 Å². The van der Waals surface area contributed by atoms with Crippen molar-refractivity contribution in [2.24, 2.45) is 5.73 Å². The van der Waals surface area contributed by atoms with Crippen molar-refractivity contribution in [3.8, 4) is 0 Å². The van der Waals surface area contributed by atoms with Crippen molar-refractivity contribution in [2.45, 2.75) is 33.2 Å². The fraction of sp³-hybridized carbons (Fsp3) is 0.917. The molecule has 0 aromatic rings. The molecule has 0 unspecified atom stereocenters. The van der Waals surface area contributed by atoms with Crippen LogP contribution in [0.1, 0.15) is 27.7 Å². The number of hydrogen-bond acceptors (Lipinski definition) is 4. The molecule has 0 rings (SSSR count). The molecule has 0 saturated heterocycles. The second kappa shape index (κ2) is 8.78. The van der Waals surface area contributed by atoms with E-state index in [-0.39, 0.29) is 11.4 Å². The van der Waals surface area contributed by atoms with Crippen LogP contribution in [0.5, 0.6) is 0 Å². The van der Waals surface area contributed by atoms with Crippen LogP contribution < -0.4 is 11.1 Å². The Morgan fingerprint density at radius 3 is 2.41 bits per heavy atom. The van der Waals surface area contributed by atoms with Gasteiger partial charge in [0, 0.05) is 24.4 Å². The molecule has 102 valence electrons. The van der Waals surface area contributed by atoms with Gasteiger partial charge < -0.3 is 16.0 Å². The van der Waals surface area contributed by atoms with Gasteiger partial charge in [0.2, 0.25) is 5.91 Å². The minimum absolute atomic E-state index is 0.0769. The number of amides is 1. The Balaban J connectivity index is 3.52. The lowest BCUT2D eigenvalue weighted by Crippen LogP contribution is -2.45. The van der Waals surface area contributed by atoms with Crippen molar-refractivity contribution in [1.29, 1.82) is 0 Å². The Morgan fingerprint density at radius 2 is 1.94 bits per heavy atom. The van der Waals surface area contributed by atoms with Gasteiger partial charge in [0.1, 0.15) is 0 Å². The third kappa shape index (κ3) is 10.6. The Hall–Kier alpha value is -0.260. The van der Waals surface area contributed by atoms with Gasteiger partial charge >= 0.3 is 0 Å². The first-order valence-electron chi connectivity index (χ1n) is 6.24. The van der Waals surface area contributed by atoms with E-state index in [4.69, 9.17) is 5.73 Å². The van der Waals surface area contributed by atoms with Gasteiger partial charge in [0.05, 0.1) is 5.75 Å². The zero-order valence-corrected chi connectivity index (χ0v) is 12.4. The maximum atomic E-state index is 11.5. The number of nitrogens with one attached hydrogen (secondary N) is 1. The summed E-state index contributed by atoms with van der Waals surface area (Å²) in [5.74, 6) is 1.60. The summed E-state index contributed by atoms with van der Waals surface area (Å²) in [4.78, 5) is 13.8. The van der Waals surface area contributed by atoms with Gasteiger partial charge in [-0.2, -0.15) is 11.8 Å².